The van der Waals surface area contributed by atoms with Crippen LogP contribution in [0.5, 0.6) is 5.75 Å². The van der Waals surface area contributed by atoms with Crippen LogP contribution in [0.4, 0.5) is 0 Å². The van der Waals surface area contributed by atoms with E-state index in [0.717, 1.165) is 31.7 Å². The van der Waals surface area contributed by atoms with E-state index in [-0.39, 0.29) is 0 Å². The first kappa shape index (κ1) is 14.9. The van der Waals surface area contributed by atoms with Crippen LogP contribution in [0.3, 0.4) is 0 Å². The van der Waals surface area contributed by atoms with E-state index in [0.29, 0.717) is 18.7 Å². The molecule has 2 aromatic heterocycles. The van der Waals surface area contributed by atoms with Crippen LogP contribution in [0.25, 0.3) is 0 Å². The van der Waals surface area contributed by atoms with Crippen LogP contribution >= 0.6 is 0 Å². The zero-order chi connectivity index (χ0) is 15.0. The van der Waals surface area contributed by atoms with E-state index in [9.17, 15) is 0 Å². The molecule has 0 spiro atoms. The standard InChI is InChI=1S/C17H22N4O/c1-3-14(9-18-7-1)5-6-15-10-20-11-16(21-15)13-22-17-4-2-8-19-12-17/h1-4,7-9,12,15-16,20-21H,5-6,10-11,13H2/t15-,16-/m1/s1. The Kier molecular flexibility index (Phi) is 5.34. The van der Waals surface area contributed by atoms with Crippen LogP contribution < -0.4 is 15.4 Å². The molecule has 0 amide bonds. The number of piperazine rings is 1. The fraction of sp³-hybridized carbons (Fsp3) is 0.412. The SMILES string of the molecule is c1cncc(CC[C@@H]2CNC[C@H](COc3cccnc3)N2)c1. The normalized spacial score (nSPS) is 21.5. The second-order valence-electron chi connectivity index (χ2n) is 5.62. The molecule has 2 N–H and O–H groups in total. The van der Waals surface area contributed by atoms with E-state index < -0.39 is 0 Å². The predicted octanol–water partition coefficient (Wildman–Crippen LogP) is 1.42. The van der Waals surface area contributed by atoms with Crippen LogP contribution in [0.2, 0.25) is 0 Å². The lowest BCUT2D eigenvalue weighted by molar-refractivity contribution is 0.220. The van der Waals surface area contributed by atoms with Gasteiger partial charge in [-0.15, -0.1) is 0 Å². The van der Waals surface area contributed by atoms with Crippen molar-refractivity contribution in [2.75, 3.05) is 19.7 Å². The summed E-state index contributed by atoms with van der Waals surface area (Å²) in [6.45, 7) is 2.59. The molecule has 1 aliphatic heterocycles. The molecule has 5 nitrogen and oxygen atoms in total. The molecule has 0 saturated carbocycles. The van der Waals surface area contributed by atoms with Crippen molar-refractivity contribution in [3.05, 3.63) is 54.6 Å². The zero-order valence-electron chi connectivity index (χ0n) is 12.6. The molecule has 5 heteroatoms. The third-order valence-electron chi connectivity index (χ3n) is 3.84. The molecule has 2 aromatic rings. The van der Waals surface area contributed by atoms with E-state index in [4.69, 9.17) is 4.74 Å². The highest BCUT2D eigenvalue weighted by atomic mass is 16.5. The lowest BCUT2D eigenvalue weighted by Crippen LogP contribution is -2.56. The highest BCUT2D eigenvalue weighted by Crippen LogP contribution is 2.09. The molecule has 0 aliphatic carbocycles. The van der Waals surface area contributed by atoms with Gasteiger partial charge in [-0.3, -0.25) is 9.97 Å². The molecule has 0 aromatic carbocycles. The summed E-state index contributed by atoms with van der Waals surface area (Å²) < 4.78 is 5.78. The van der Waals surface area contributed by atoms with Crippen molar-refractivity contribution < 1.29 is 4.74 Å². The summed E-state index contributed by atoms with van der Waals surface area (Å²) in [7, 11) is 0. The van der Waals surface area contributed by atoms with E-state index >= 15 is 0 Å². The van der Waals surface area contributed by atoms with Gasteiger partial charge in [0, 0.05) is 37.7 Å². The molecule has 3 rings (SSSR count). The molecule has 22 heavy (non-hydrogen) atoms. The predicted molar refractivity (Wildman–Crippen MR) is 85.9 cm³/mol. The maximum absolute atomic E-state index is 5.78. The quantitative estimate of drug-likeness (QED) is 0.844. The van der Waals surface area contributed by atoms with Crippen molar-refractivity contribution in [1.82, 2.24) is 20.6 Å². The molecular weight excluding hydrogens is 276 g/mol. The first-order valence-corrected chi connectivity index (χ1v) is 7.78. The second-order valence-corrected chi connectivity index (χ2v) is 5.62. The minimum absolute atomic E-state index is 0.327. The molecule has 3 heterocycles. The van der Waals surface area contributed by atoms with Gasteiger partial charge in [0.1, 0.15) is 12.4 Å². The van der Waals surface area contributed by atoms with Crippen LogP contribution in [-0.4, -0.2) is 41.7 Å². The molecular formula is C17H22N4O. The second kappa shape index (κ2) is 7.87. The van der Waals surface area contributed by atoms with Gasteiger partial charge in [-0.05, 0) is 36.6 Å². The van der Waals surface area contributed by atoms with E-state index in [1.54, 1.807) is 12.4 Å². The summed E-state index contributed by atoms with van der Waals surface area (Å²) in [5.74, 6) is 0.821. The summed E-state index contributed by atoms with van der Waals surface area (Å²) in [5.41, 5.74) is 1.29. The van der Waals surface area contributed by atoms with Gasteiger partial charge < -0.3 is 15.4 Å². The van der Waals surface area contributed by atoms with Crippen molar-refractivity contribution >= 4 is 0 Å². The average molecular weight is 298 g/mol. The van der Waals surface area contributed by atoms with Gasteiger partial charge in [0.15, 0.2) is 0 Å². The van der Waals surface area contributed by atoms with Crippen molar-refractivity contribution in [2.24, 2.45) is 0 Å². The Balaban J connectivity index is 1.43. The number of aryl methyl sites for hydroxylation is 1. The smallest absolute Gasteiger partial charge is 0.137 e. The number of hydrogen-bond acceptors (Lipinski definition) is 5. The number of hydrogen-bond donors (Lipinski definition) is 2. The third-order valence-corrected chi connectivity index (χ3v) is 3.84. The fourth-order valence-corrected chi connectivity index (χ4v) is 2.69. The van der Waals surface area contributed by atoms with Gasteiger partial charge in [0.05, 0.1) is 12.2 Å². The Bertz CT molecular complexity index is 500. The third kappa shape index (κ3) is 4.51. The summed E-state index contributed by atoms with van der Waals surface area (Å²) in [6.07, 6.45) is 9.40. The first-order chi connectivity index (χ1) is 10.9. The molecule has 116 valence electrons. The van der Waals surface area contributed by atoms with Gasteiger partial charge in [0.2, 0.25) is 0 Å². The Morgan fingerprint density at radius 3 is 2.64 bits per heavy atom. The Morgan fingerprint density at radius 1 is 1.05 bits per heavy atom. The largest absolute Gasteiger partial charge is 0.490 e. The molecule has 0 unspecified atom stereocenters. The van der Waals surface area contributed by atoms with E-state index in [2.05, 4.69) is 26.7 Å². The van der Waals surface area contributed by atoms with Crippen LogP contribution in [0, 0.1) is 0 Å². The number of nitrogens with zero attached hydrogens (tertiary/aromatic N) is 2. The topological polar surface area (TPSA) is 59.1 Å². The number of rotatable bonds is 6. The van der Waals surface area contributed by atoms with E-state index in [1.165, 1.54) is 5.56 Å². The van der Waals surface area contributed by atoms with Crippen LogP contribution in [0.15, 0.2) is 49.1 Å². The van der Waals surface area contributed by atoms with Gasteiger partial charge in [0.25, 0.3) is 0 Å². The Morgan fingerprint density at radius 2 is 1.86 bits per heavy atom. The van der Waals surface area contributed by atoms with Gasteiger partial charge >= 0.3 is 0 Å². The highest BCUT2D eigenvalue weighted by Gasteiger charge is 2.20. The minimum Gasteiger partial charge on any atom is -0.490 e. The van der Waals surface area contributed by atoms with Crippen molar-refractivity contribution in [3.63, 3.8) is 0 Å². The number of pyridine rings is 2. The summed E-state index contributed by atoms with van der Waals surface area (Å²) >= 11 is 0. The maximum atomic E-state index is 5.78. The first-order valence-electron chi connectivity index (χ1n) is 7.78. The van der Waals surface area contributed by atoms with Crippen molar-refractivity contribution in [2.45, 2.75) is 24.9 Å². The maximum Gasteiger partial charge on any atom is 0.137 e. The Labute approximate surface area is 131 Å². The molecule has 0 bridgehead atoms. The zero-order valence-corrected chi connectivity index (χ0v) is 12.6. The van der Waals surface area contributed by atoms with Crippen LogP contribution in [0.1, 0.15) is 12.0 Å². The van der Waals surface area contributed by atoms with Crippen LogP contribution in [-0.2, 0) is 6.42 Å². The number of aromatic nitrogens is 2. The van der Waals surface area contributed by atoms with Gasteiger partial charge in [-0.2, -0.15) is 0 Å². The average Bonchev–Trinajstić information content (AvgIpc) is 2.60. The summed E-state index contributed by atoms with van der Waals surface area (Å²) in [6, 6.07) is 8.74. The minimum atomic E-state index is 0.327. The molecule has 1 fully saturated rings. The molecule has 1 saturated heterocycles. The summed E-state index contributed by atoms with van der Waals surface area (Å²) in [4.78, 5) is 8.22. The van der Waals surface area contributed by atoms with Crippen molar-refractivity contribution in [3.8, 4) is 5.75 Å². The molecule has 2 atom stereocenters. The molecule has 0 radical (unpaired) electrons. The monoisotopic (exact) mass is 298 g/mol. The lowest BCUT2D eigenvalue weighted by Gasteiger charge is -2.31. The number of ether oxygens (including phenoxy) is 1. The summed E-state index contributed by atoms with van der Waals surface area (Å²) in [5, 5.41) is 7.15. The number of nitrogens with one attached hydrogen (secondary N) is 2. The molecule has 1 aliphatic rings. The van der Waals surface area contributed by atoms with Gasteiger partial charge in [-0.25, -0.2) is 0 Å². The lowest BCUT2D eigenvalue weighted by atomic mass is 10.0. The Hall–Kier alpha value is -1.98. The van der Waals surface area contributed by atoms with E-state index in [1.807, 2.05) is 30.6 Å². The fourth-order valence-electron chi connectivity index (χ4n) is 2.69. The van der Waals surface area contributed by atoms with Crippen molar-refractivity contribution in [1.29, 1.82) is 0 Å². The highest BCUT2D eigenvalue weighted by molar-refractivity contribution is 5.15. The van der Waals surface area contributed by atoms with Gasteiger partial charge in [-0.1, -0.05) is 6.07 Å².